The molecule has 1 atom stereocenters. The zero-order valence-corrected chi connectivity index (χ0v) is 18.1. The highest BCUT2D eigenvalue weighted by molar-refractivity contribution is 8.18. The van der Waals surface area contributed by atoms with Gasteiger partial charge in [0.1, 0.15) is 23.7 Å². The fourth-order valence-electron chi connectivity index (χ4n) is 3.07. The van der Waals surface area contributed by atoms with Crippen LogP contribution in [-0.2, 0) is 28.4 Å². The van der Waals surface area contributed by atoms with Crippen molar-refractivity contribution in [1.29, 1.82) is 0 Å². The summed E-state index contributed by atoms with van der Waals surface area (Å²) in [7, 11) is -2.16. The van der Waals surface area contributed by atoms with E-state index in [4.69, 9.17) is 28.3 Å². The number of fused-ring (bicyclic) bond motifs is 1. The minimum absolute atomic E-state index is 0.164. The Morgan fingerprint density at radius 3 is 2.00 bits per heavy atom. The molecule has 0 radical (unpaired) electrons. The van der Waals surface area contributed by atoms with Crippen LogP contribution in [0.4, 0.5) is 0 Å². The molecule has 0 aliphatic carbocycles. The quantitative estimate of drug-likeness (QED) is 0.343. The van der Waals surface area contributed by atoms with Crippen LogP contribution in [0.2, 0.25) is 0 Å². The molecule has 2 aromatic rings. The smallest absolute Gasteiger partial charge is 0.178 e. The van der Waals surface area contributed by atoms with Crippen LogP contribution in [0.15, 0.2) is 59.4 Å². The number of rotatable bonds is 4. The Balaban J connectivity index is 2.07. The molecule has 0 bridgehead atoms. The number of isothiocyanates is 1. The topological polar surface area (TPSA) is 21.6 Å². The van der Waals surface area contributed by atoms with Crippen molar-refractivity contribution < 1.29 is 4.31 Å². The second-order valence-electron chi connectivity index (χ2n) is 7.26. The molecular weight excluding hydrogens is 384 g/mol. The van der Waals surface area contributed by atoms with Crippen LogP contribution in [0.25, 0.3) is 0 Å². The molecule has 2 aromatic carbocycles. The third-order valence-electron chi connectivity index (χ3n) is 4.42. The van der Waals surface area contributed by atoms with E-state index in [1.807, 2.05) is 18.2 Å². The highest BCUT2D eigenvalue weighted by Crippen LogP contribution is 2.80. The zero-order chi connectivity index (χ0) is 18.1. The van der Waals surface area contributed by atoms with Gasteiger partial charge in [-0.1, -0.05) is 87.2 Å². The Labute approximate surface area is 161 Å². The average Bonchev–Trinajstić information content (AvgIpc) is 2.92. The third kappa shape index (κ3) is 3.71. The monoisotopic (exact) mass is 406 g/mol. The first-order valence-electron chi connectivity index (χ1n) is 8.20. The molecule has 0 spiro atoms. The Bertz CT molecular complexity index is 845. The summed E-state index contributed by atoms with van der Waals surface area (Å²) in [4.78, 5) is 0. The van der Waals surface area contributed by atoms with Gasteiger partial charge in [0, 0.05) is 21.6 Å². The van der Waals surface area contributed by atoms with Crippen LogP contribution >= 0.6 is 26.1 Å². The van der Waals surface area contributed by atoms with Gasteiger partial charge >= 0.3 is 0 Å². The van der Waals surface area contributed by atoms with Gasteiger partial charge in [-0.25, -0.2) is 0 Å². The summed E-state index contributed by atoms with van der Waals surface area (Å²) in [6.07, 6.45) is -0.726. The molecule has 0 saturated heterocycles. The molecule has 0 amide bonds. The Morgan fingerprint density at radius 2 is 1.52 bits per heavy atom. The molecule has 6 heteroatoms. The van der Waals surface area contributed by atoms with Crippen molar-refractivity contribution in [3.63, 3.8) is 0 Å². The van der Waals surface area contributed by atoms with Gasteiger partial charge in [0.05, 0.1) is 0 Å². The van der Waals surface area contributed by atoms with Crippen LogP contribution in [-0.4, -0.2) is 10.3 Å². The van der Waals surface area contributed by atoms with Crippen molar-refractivity contribution in [3.8, 4) is 0 Å². The highest BCUT2D eigenvalue weighted by Gasteiger charge is 2.54. The molecule has 1 aliphatic rings. The van der Waals surface area contributed by atoms with E-state index < -0.39 is 13.9 Å². The van der Waals surface area contributed by atoms with Gasteiger partial charge in [-0.15, -0.1) is 0 Å². The maximum atomic E-state index is 6.90. The molecule has 3 rings (SSSR count). The maximum absolute atomic E-state index is 6.90. The van der Waals surface area contributed by atoms with E-state index >= 15 is 0 Å². The summed E-state index contributed by atoms with van der Waals surface area (Å²) >= 11 is 11.2. The standard InChI is InChI=1S/C19H22NOP2S2/c1-19(2,3)23(25,18-11-5-4-6-12-18)21-22(20-15-24)13-16-9-7-8-10-17(16)14-22/h4-12H,13-14H2,1-3H3/q+1. The lowest BCUT2D eigenvalue weighted by Crippen LogP contribution is -2.24. The molecule has 130 valence electrons. The number of hydrogen-bond donors (Lipinski definition) is 0. The Morgan fingerprint density at radius 1 is 1.00 bits per heavy atom. The molecule has 1 aliphatic heterocycles. The second-order valence-corrected chi connectivity index (χ2v) is 15.1. The summed E-state index contributed by atoms with van der Waals surface area (Å²) in [5, 5.41) is 3.55. The van der Waals surface area contributed by atoms with Gasteiger partial charge in [0.15, 0.2) is 0 Å². The van der Waals surface area contributed by atoms with Gasteiger partial charge < -0.3 is 0 Å². The van der Waals surface area contributed by atoms with Crippen LogP contribution in [0, 0.1) is 0 Å². The second kappa shape index (κ2) is 7.12. The first kappa shape index (κ1) is 19.1. The summed E-state index contributed by atoms with van der Waals surface area (Å²) in [6, 6.07) is 18.7. The van der Waals surface area contributed by atoms with Crippen LogP contribution in [0.1, 0.15) is 31.9 Å². The normalized spacial score (nSPS) is 18.0. The van der Waals surface area contributed by atoms with E-state index in [2.05, 4.69) is 67.1 Å². The van der Waals surface area contributed by atoms with Crippen molar-refractivity contribution in [1.82, 2.24) is 0 Å². The molecule has 0 aromatic heterocycles. The average molecular weight is 406 g/mol. The van der Waals surface area contributed by atoms with E-state index in [-0.39, 0.29) is 5.16 Å². The van der Waals surface area contributed by atoms with Gasteiger partial charge in [0.2, 0.25) is 0 Å². The van der Waals surface area contributed by atoms with Crippen molar-refractivity contribution >= 4 is 48.4 Å². The Hall–Kier alpha value is -0.720. The van der Waals surface area contributed by atoms with Gasteiger partial charge in [-0.05, 0) is 17.0 Å². The van der Waals surface area contributed by atoms with Crippen molar-refractivity contribution in [2.45, 2.75) is 38.3 Å². The van der Waals surface area contributed by atoms with E-state index in [0.29, 0.717) is 0 Å². The largest absolute Gasteiger partial charge is 0.288 e. The van der Waals surface area contributed by atoms with Crippen LogP contribution in [0.5, 0.6) is 0 Å². The zero-order valence-electron chi connectivity index (χ0n) is 14.7. The SMILES string of the molecule is CC(C)(C)P(=S)(O[P+]1(N=C=S)Cc2ccccc2C1)c1ccccc1. The minimum Gasteiger partial charge on any atom is -0.178 e. The van der Waals surface area contributed by atoms with Crippen LogP contribution < -0.4 is 5.30 Å². The van der Waals surface area contributed by atoms with Gasteiger partial charge in [-0.3, -0.25) is 0 Å². The molecule has 0 saturated carbocycles. The molecule has 0 fully saturated rings. The fraction of sp³-hybridized carbons (Fsp3) is 0.316. The number of thiocarbonyl (C=S) groups is 1. The molecule has 2 nitrogen and oxygen atoms in total. The van der Waals surface area contributed by atoms with E-state index in [9.17, 15) is 0 Å². The minimum atomic E-state index is -2.33. The van der Waals surface area contributed by atoms with Gasteiger partial charge in [-0.2, -0.15) is 4.31 Å². The van der Waals surface area contributed by atoms with Crippen molar-refractivity contribution in [2.24, 2.45) is 4.76 Å². The Kier molecular flexibility index (Phi) is 5.43. The summed E-state index contributed by atoms with van der Waals surface area (Å²) in [5.74, 6) is 0. The first-order chi connectivity index (χ1) is 11.8. The van der Waals surface area contributed by atoms with Crippen LogP contribution in [0.3, 0.4) is 0 Å². The van der Waals surface area contributed by atoms with Gasteiger partial charge in [0.25, 0.3) is 7.64 Å². The third-order valence-corrected chi connectivity index (χ3v) is 14.5. The lowest BCUT2D eigenvalue weighted by Gasteiger charge is -2.35. The number of nitrogens with zero attached hydrogens (tertiary/aromatic N) is 1. The number of benzene rings is 2. The maximum Gasteiger partial charge on any atom is 0.288 e. The molecule has 1 unspecified atom stereocenters. The predicted molar refractivity (Wildman–Crippen MR) is 117 cm³/mol. The molecule has 0 N–H and O–H groups in total. The lowest BCUT2D eigenvalue weighted by molar-refractivity contribution is 0.612. The lowest BCUT2D eigenvalue weighted by atomic mass is 10.1. The predicted octanol–water partition coefficient (Wildman–Crippen LogP) is 6.19. The van der Waals surface area contributed by atoms with E-state index in [0.717, 1.165) is 17.6 Å². The highest BCUT2D eigenvalue weighted by atomic mass is 32.4. The van der Waals surface area contributed by atoms with E-state index in [1.165, 1.54) is 11.1 Å². The molecule has 25 heavy (non-hydrogen) atoms. The molecule has 1 heterocycles. The van der Waals surface area contributed by atoms with E-state index in [1.54, 1.807) is 0 Å². The van der Waals surface area contributed by atoms with Crippen molar-refractivity contribution in [3.05, 3.63) is 65.7 Å². The molecular formula is C19H22NOP2S2+. The van der Waals surface area contributed by atoms with Crippen molar-refractivity contribution in [2.75, 3.05) is 0 Å². The summed E-state index contributed by atoms with van der Waals surface area (Å²) in [5.41, 5.74) is 2.60. The summed E-state index contributed by atoms with van der Waals surface area (Å²) < 4.78 is 11.5. The number of hydrogen-bond acceptors (Lipinski definition) is 4. The fourth-order valence-corrected chi connectivity index (χ4v) is 12.1. The first-order valence-corrected chi connectivity index (χ1v) is 13.4. The summed E-state index contributed by atoms with van der Waals surface area (Å²) in [6.45, 7) is 6.50.